The highest BCUT2D eigenvalue weighted by Gasteiger charge is 2.30. The standard InChI is InChI=1S/C20H24N2O7/c1-5-28-19(24)18-12(2)21-20(25)22-15(18)11-29-17(23)9-7-13-6-8-14(26-3)10-16(13)27-4/h6-10,12H,5,11H2,1-4H3,(H2,21,22,25). The van der Waals surface area contributed by atoms with Crippen LogP contribution in [-0.2, 0) is 19.1 Å². The molecule has 0 spiro atoms. The van der Waals surface area contributed by atoms with Gasteiger partial charge in [-0.3, -0.25) is 0 Å². The Morgan fingerprint density at radius 1 is 1.17 bits per heavy atom. The van der Waals surface area contributed by atoms with E-state index in [0.717, 1.165) is 0 Å². The fraction of sp³-hybridized carbons (Fsp3) is 0.350. The van der Waals surface area contributed by atoms with Gasteiger partial charge in [0.1, 0.15) is 18.1 Å². The molecule has 0 aromatic heterocycles. The second kappa shape index (κ2) is 10.2. The normalized spacial score (nSPS) is 16.1. The maximum atomic E-state index is 12.2. The molecule has 0 fully saturated rings. The van der Waals surface area contributed by atoms with Crippen molar-refractivity contribution in [3.05, 3.63) is 41.1 Å². The highest BCUT2D eigenvalue weighted by atomic mass is 16.5. The predicted octanol–water partition coefficient (Wildman–Crippen LogP) is 1.78. The molecule has 1 atom stereocenters. The van der Waals surface area contributed by atoms with Gasteiger partial charge in [0.15, 0.2) is 0 Å². The largest absolute Gasteiger partial charge is 0.497 e. The van der Waals surface area contributed by atoms with Gasteiger partial charge in [-0.25, -0.2) is 14.4 Å². The number of carbonyl (C=O) groups excluding carboxylic acids is 3. The first-order chi connectivity index (χ1) is 13.9. The van der Waals surface area contributed by atoms with Crippen molar-refractivity contribution >= 4 is 24.0 Å². The molecule has 29 heavy (non-hydrogen) atoms. The van der Waals surface area contributed by atoms with Crippen molar-refractivity contribution in [2.24, 2.45) is 0 Å². The molecule has 0 saturated heterocycles. The Balaban J connectivity index is 2.10. The number of urea groups is 1. The molecule has 1 aliphatic rings. The quantitative estimate of drug-likeness (QED) is 0.502. The maximum Gasteiger partial charge on any atom is 0.338 e. The van der Waals surface area contributed by atoms with Gasteiger partial charge in [-0.15, -0.1) is 0 Å². The van der Waals surface area contributed by atoms with Crippen molar-refractivity contribution in [2.75, 3.05) is 27.4 Å². The zero-order chi connectivity index (χ0) is 21.4. The number of benzene rings is 1. The number of hydrogen-bond donors (Lipinski definition) is 2. The fourth-order valence-electron chi connectivity index (χ4n) is 2.70. The predicted molar refractivity (Wildman–Crippen MR) is 104 cm³/mol. The van der Waals surface area contributed by atoms with Gasteiger partial charge in [0.05, 0.1) is 38.1 Å². The lowest BCUT2D eigenvalue weighted by molar-refractivity contribution is -0.140. The van der Waals surface area contributed by atoms with Gasteiger partial charge in [0.25, 0.3) is 0 Å². The molecular formula is C20H24N2O7. The van der Waals surface area contributed by atoms with E-state index in [1.54, 1.807) is 39.2 Å². The van der Waals surface area contributed by atoms with Gasteiger partial charge in [-0.1, -0.05) is 0 Å². The van der Waals surface area contributed by atoms with Crippen molar-refractivity contribution < 1.29 is 33.3 Å². The van der Waals surface area contributed by atoms with Crippen molar-refractivity contribution in [2.45, 2.75) is 19.9 Å². The van der Waals surface area contributed by atoms with Gasteiger partial charge in [-0.2, -0.15) is 0 Å². The molecule has 1 heterocycles. The molecule has 1 aromatic carbocycles. The van der Waals surface area contributed by atoms with Crippen LogP contribution in [0.15, 0.2) is 35.5 Å². The SMILES string of the molecule is CCOC(=O)C1=C(COC(=O)C=Cc2ccc(OC)cc2OC)NC(=O)NC1C. The van der Waals surface area contributed by atoms with Gasteiger partial charge < -0.3 is 29.6 Å². The highest BCUT2D eigenvalue weighted by molar-refractivity contribution is 5.95. The van der Waals surface area contributed by atoms with E-state index in [1.807, 2.05) is 0 Å². The van der Waals surface area contributed by atoms with Gasteiger partial charge in [-0.05, 0) is 32.1 Å². The average molecular weight is 404 g/mol. The Kier molecular flexibility index (Phi) is 7.64. The summed E-state index contributed by atoms with van der Waals surface area (Å²) in [6, 6.07) is 4.09. The molecule has 1 aromatic rings. The summed E-state index contributed by atoms with van der Waals surface area (Å²) in [6.45, 7) is 3.22. The number of rotatable bonds is 8. The van der Waals surface area contributed by atoms with Crippen LogP contribution in [-0.4, -0.2) is 51.4 Å². The van der Waals surface area contributed by atoms with Crippen molar-refractivity contribution in [3.8, 4) is 11.5 Å². The molecule has 0 radical (unpaired) electrons. The third-order valence-corrected chi connectivity index (χ3v) is 4.06. The van der Waals surface area contributed by atoms with Crippen LogP contribution >= 0.6 is 0 Å². The maximum absolute atomic E-state index is 12.2. The van der Waals surface area contributed by atoms with E-state index in [0.29, 0.717) is 17.1 Å². The molecule has 1 unspecified atom stereocenters. The highest BCUT2D eigenvalue weighted by Crippen LogP contribution is 2.25. The minimum Gasteiger partial charge on any atom is -0.497 e. The van der Waals surface area contributed by atoms with Crippen molar-refractivity contribution in [1.29, 1.82) is 0 Å². The van der Waals surface area contributed by atoms with Crippen LogP contribution in [0.3, 0.4) is 0 Å². The fourth-order valence-corrected chi connectivity index (χ4v) is 2.70. The van der Waals surface area contributed by atoms with Gasteiger partial charge in [0.2, 0.25) is 0 Å². The summed E-state index contributed by atoms with van der Waals surface area (Å²) in [7, 11) is 3.05. The zero-order valence-corrected chi connectivity index (χ0v) is 16.7. The second-order valence-electron chi connectivity index (χ2n) is 5.98. The van der Waals surface area contributed by atoms with Crippen LogP contribution in [0.25, 0.3) is 6.08 Å². The summed E-state index contributed by atoms with van der Waals surface area (Å²) in [4.78, 5) is 36.0. The van der Waals surface area contributed by atoms with E-state index in [2.05, 4.69) is 10.6 Å². The molecule has 2 amide bonds. The molecule has 0 bridgehead atoms. The van der Waals surface area contributed by atoms with Crippen LogP contribution in [0.2, 0.25) is 0 Å². The first kappa shape index (κ1) is 21.8. The lowest BCUT2D eigenvalue weighted by Crippen LogP contribution is -2.50. The third kappa shape index (κ3) is 5.74. The Hall–Kier alpha value is -3.49. The van der Waals surface area contributed by atoms with E-state index in [9.17, 15) is 14.4 Å². The van der Waals surface area contributed by atoms with Gasteiger partial charge in [0, 0.05) is 17.7 Å². The van der Waals surface area contributed by atoms with E-state index >= 15 is 0 Å². The van der Waals surface area contributed by atoms with E-state index < -0.39 is 24.0 Å². The monoisotopic (exact) mass is 404 g/mol. The van der Waals surface area contributed by atoms with Crippen molar-refractivity contribution in [3.63, 3.8) is 0 Å². The summed E-state index contributed by atoms with van der Waals surface area (Å²) in [5.41, 5.74) is 1.05. The lowest BCUT2D eigenvalue weighted by Gasteiger charge is -2.26. The molecule has 9 heteroatoms. The molecule has 0 saturated carbocycles. The summed E-state index contributed by atoms with van der Waals surface area (Å²) < 4.78 is 20.6. The minimum absolute atomic E-state index is 0.183. The van der Waals surface area contributed by atoms with Crippen LogP contribution in [0, 0.1) is 0 Å². The van der Waals surface area contributed by atoms with E-state index in [4.69, 9.17) is 18.9 Å². The minimum atomic E-state index is -0.654. The smallest absolute Gasteiger partial charge is 0.338 e. The number of nitrogens with one attached hydrogen (secondary N) is 2. The number of amides is 2. The topological polar surface area (TPSA) is 112 Å². The first-order valence-corrected chi connectivity index (χ1v) is 8.94. The summed E-state index contributed by atoms with van der Waals surface area (Å²) in [5, 5.41) is 5.06. The zero-order valence-electron chi connectivity index (χ0n) is 16.7. The van der Waals surface area contributed by atoms with Crippen LogP contribution < -0.4 is 20.1 Å². The Bertz CT molecular complexity index is 845. The number of esters is 2. The number of hydrogen-bond acceptors (Lipinski definition) is 7. The molecule has 1 aliphatic heterocycles. The summed E-state index contributed by atoms with van der Waals surface area (Å²) in [5.74, 6) is -0.0907. The average Bonchev–Trinajstić information content (AvgIpc) is 2.70. The van der Waals surface area contributed by atoms with Crippen molar-refractivity contribution in [1.82, 2.24) is 10.6 Å². The first-order valence-electron chi connectivity index (χ1n) is 8.94. The number of ether oxygens (including phenoxy) is 4. The van der Waals surface area contributed by atoms with Crippen LogP contribution in [0.4, 0.5) is 4.79 Å². The summed E-state index contributed by atoms with van der Waals surface area (Å²) in [6.07, 6.45) is 2.76. The molecule has 156 valence electrons. The van der Waals surface area contributed by atoms with E-state index in [1.165, 1.54) is 19.3 Å². The van der Waals surface area contributed by atoms with E-state index in [-0.39, 0.29) is 24.5 Å². The Morgan fingerprint density at radius 3 is 2.59 bits per heavy atom. The molecular weight excluding hydrogens is 380 g/mol. The van der Waals surface area contributed by atoms with Crippen LogP contribution in [0.1, 0.15) is 19.4 Å². The molecule has 2 N–H and O–H groups in total. The molecule has 9 nitrogen and oxygen atoms in total. The second-order valence-corrected chi connectivity index (χ2v) is 5.98. The van der Waals surface area contributed by atoms with Crippen LogP contribution in [0.5, 0.6) is 11.5 Å². The Labute approximate surface area is 168 Å². The number of methoxy groups -OCH3 is 2. The molecule has 0 aliphatic carbocycles. The van der Waals surface area contributed by atoms with Gasteiger partial charge >= 0.3 is 18.0 Å². The molecule has 2 rings (SSSR count). The Morgan fingerprint density at radius 2 is 1.93 bits per heavy atom. The number of carbonyl (C=O) groups is 3. The third-order valence-electron chi connectivity index (χ3n) is 4.06. The summed E-state index contributed by atoms with van der Waals surface area (Å²) >= 11 is 0. The lowest BCUT2D eigenvalue weighted by atomic mass is 10.0.